The van der Waals surface area contributed by atoms with Gasteiger partial charge in [-0.3, -0.25) is 4.79 Å². The van der Waals surface area contributed by atoms with Crippen molar-refractivity contribution in [2.45, 2.75) is 25.7 Å². The third-order valence-corrected chi connectivity index (χ3v) is 4.29. The summed E-state index contributed by atoms with van der Waals surface area (Å²) in [6.07, 6.45) is 5.06. The molecule has 3 atom stereocenters. The van der Waals surface area contributed by atoms with Gasteiger partial charge in [-0.05, 0) is 42.9 Å². The Morgan fingerprint density at radius 1 is 1.24 bits per heavy atom. The Hall–Kier alpha value is -1.02. The molecule has 1 N–H and O–H groups in total. The Labute approximate surface area is 106 Å². The van der Waals surface area contributed by atoms with Crippen molar-refractivity contribution in [1.29, 1.82) is 0 Å². The minimum Gasteiger partial charge on any atom is -0.326 e. The smallest absolute Gasteiger partial charge is 0.228 e. The summed E-state index contributed by atoms with van der Waals surface area (Å²) in [5.74, 6) is 1.76. The SMILES string of the molecule is O=C(Nc1cccc(Cl)c1)C1[C@H]2CCCC[C@@H]12. The number of rotatable bonds is 2. The van der Waals surface area contributed by atoms with Crippen LogP contribution in [0.15, 0.2) is 24.3 Å². The van der Waals surface area contributed by atoms with E-state index in [0.29, 0.717) is 16.9 Å². The third kappa shape index (κ3) is 2.19. The van der Waals surface area contributed by atoms with Gasteiger partial charge < -0.3 is 5.32 Å². The Bertz CT molecular complexity index is 434. The molecule has 1 amide bonds. The predicted octanol–water partition coefficient (Wildman–Crippen LogP) is 3.71. The van der Waals surface area contributed by atoms with Crippen LogP contribution in [0, 0.1) is 17.8 Å². The fourth-order valence-corrected chi connectivity index (χ4v) is 3.36. The summed E-state index contributed by atoms with van der Waals surface area (Å²) in [4.78, 5) is 12.1. The maximum absolute atomic E-state index is 12.1. The van der Waals surface area contributed by atoms with Crippen molar-refractivity contribution in [3.63, 3.8) is 0 Å². The van der Waals surface area contributed by atoms with Gasteiger partial charge in [-0.2, -0.15) is 0 Å². The average Bonchev–Trinajstić information content (AvgIpc) is 3.03. The van der Waals surface area contributed by atoms with Crippen molar-refractivity contribution >= 4 is 23.2 Å². The standard InChI is InChI=1S/C14H16ClNO/c15-9-4-3-5-10(8-9)16-14(17)13-11-6-1-2-7-12(11)13/h3-5,8,11-13H,1-2,6-7H2,(H,16,17)/t11-,12+,13?. The summed E-state index contributed by atoms with van der Waals surface area (Å²) in [6, 6.07) is 7.35. The van der Waals surface area contributed by atoms with Gasteiger partial charge >= 0.3 is 0 Å². The molecule has 1 unspecified atom stereocenters. The maximum atomic E-state index is 12.1. The maximum Gasteiger partial charge on any atom is 0.228 e. The van der Waals surface area contributed by atoms with Crippen LogP contribution in [0.25, 0.3) is 0 Å². The van der Waals surface area contributed by atoms with E-state index < -0.39 is 0 Å². The molecule has 2 aliphatic carbocycles. The second-order valence-corrected chi connectivity index (χ2v) is 5.57. The van der Waals surface area contributed by atoms with E-state index in [0.717, 1.165) is 5.69 Å². The largest absolute Gasteiger partial charge is 0.326 e. The molecule has 0 saturated heterocycles. The van der Waals surface area contributed by atoms with Gasteiger partial charge in [0.05, 0.1) is 0 Å². The first kappa shape index (κ1) is 11.1. The monoisotopic (exact) mass is 249 g/mol. The number of carbonyl (C=O) groups excluding carboxylic acids is 1. The number of amides is 1. The van der Waals surface area contributed by atoms with Gasteiger partial charge in [0.1, 0.15) is 0 Å². The minimum atomic E-state index is 0.184. The number of benzene rings is 1. The lowest BCUT2D eigenvalue weighted by Crippen LogP contribution is -2.15. The Kier molecular flexibility index (Phi) is 2.83. The van der Waals surface area contributed by atoms with Crippen LogP contribution in [0.5, 0.6) is 0 Å². The van der Waals surface area contributed by atoms with Gasteiger partial charge in [-0.15, -0.1) is 0 Å². The number of hydrogen-bond acceptors (Lipinski definition) is 1. The van der Waals surface area contributed by atoms with Crippen LogP contribution < -0.4 is 5.32 Å². The molecule has 2 aliphatic rings. The molecule has 3 heteroatoms. The molecule has 3 rings (SSSR count). The molecular weight excluding hydrogens is 234 g/mol. The van der Waals surface area contributed by atoms with Crippen LogP contribution >= 0.6 is 11.6 Å². The van der Waals surface area contributed by atoms with Crippen LogP contribution in [-0.2, 0) is 4.79 Å². The molecule has 0 aromatic heterocycles. The number of fused-ring (bicyclic) bond motifs is 1. The molecule has 1 aromatic rings. The van der Waals surface area contributed by atoms with Crippen LogP contribution in [0.1, 0.15) is 25.7 Å². The molecule has 0 aliphatic heterocycles. The van der Waals surface area contributed by atoms with Crippen LogP contribution in [0.3, 0.4) is 0 Å². The van der Waals surface area contributed by atoms with Crippen molar-refractivity contribution in [2.75, 3.05) is 5.32 Å². The molecule has 90 valence electrons. The second-order valence-electron chi connectivity index (χ2n) is 5.14. The number of halogens is 1. The first-order chi connectivity index (χ1) is 8.25. The summed E-state index contributed by atoms with van der Waals surface area (Å²) < 4.78 is 0. The third-order valence-electron chi connectivity index (χ3n) is 4.05. The summed E-state index contributed by atoms with van der Waals surface area (Å²) in [5, 5.41) is 3.64. The second kappa shape index (κ2) is 4.34. The molecule has 0 radical (unpaired) electrons. The average molecular weight is 250 g/mol. The first-order valence-corrected chi connectivity index (χ1v) is 6.70. The van der Waals surface area contributed by atoms with Crippen molar-refractivity contribution in [1.82, 2.24) is 0 Å². The lowest BCUT2D eigenvalue weighted by atomic mass is 10.0. The zero-order valence-corrected chi connectivity index (χ0v) is 10.4. The molecule has 2 nitrogen and oxygen atoms in total. The summed E-state index contributed by atoms with van der Waals surface area (Å²) in [7, 11) is 0. The van der Waals surface area contributed by atoms with Gasteiger partial charge in [-0.1, -0.05) is 30.5 Å². The van der Waals surface area contributed by atoms with E-state index >= 15 is 0 Å². The van der Waals surface area contributed by atoms with Gasteiger partial charge in [-0.25, -0.2) is 0 Å². The van der Waals surface area contributed by atoms with Crippen LogP contribution in [0.2, 0.25) is 5.02 Å². The van der Waals surface area contributed by atoms with Crippen molar-refractivity contribution in [3.8, 4) is 0 Å². The molecule has 1 aromatic carbocycles. The highest BCUT2D eigenvalue weighted by Gasteiger charge is 2.54. The zero-order valence-electron chi connectivity index (χ0n) is 9.66. The van der Waals surface area contributed by atoms with Crippen molar-refractivity contribution < 1.29 is 4.79 Å². The van der Waals surface area contributed by atoms with E-state index in [1.165, 1.54) is 25.7 Å². The lowest BCUT2D eigenvalue weighted by molar-refractivity contribution is -0.117. The Morgan fingerprint density at radius 2 is 1.94 bits per heavy atom. The fourth-order valence-electron chi connectivity index (χ4n) is 3.17. The van der Waals surface area contributed by atoms with Gasteiger partial charge in [0, 0.05) is 16.6 Å². The van der Waals surface area contributed by atoms with Crippen molar-refractivity contribution in [3.05, 3.63) is 29.3 Å². The van der Waals surface area contributed by atoms with Crippen LogP contribution in [-0.4, -0.2) is 5.91 Å². The number of nitrogens with one attached hydrogen (secondary N) is 1. The van der Waals surface area contributed by atoms with E-state index in [1.807, 2.05) is 18.2 Å². The van der Waals surface area contributed by atoms with Crippen molar-refractivity contribution in [2.24, 2.45) is 17.8 Å². The number of anilines is 1. The summed E-state index contributed by atoms with van der Waals surface area (Å²) >= 11 is 5.89. The van der Waals surface area contributed by atoms with Gasteiger partial charge in [0.2, 0.25) is 5.91 Å². The highest BCUT2D eigenvalue weighted by molar-refractivity contribution is 6.30. The van der Waals surface area contributed by atoms with E-state index in [2.05, 4.69) is 5.32 Å². The molecule has 0 spiro atoms. The molecule has 0 bridgehead atoms. The van der Waals surface area contributed by atoms with E-state index in [9.17, 15) is 4.79 Å². The van der Waals surface area contributed by atoms with Gasteiger partial charge in [0.15, 0.2) is 0 Å². The fraction of sp³-hybridized carbons (Fsp3) is 0.500. The van der Waals surface area contributed by atoms with E-state index in [1.54, 1.807) is 6.07 Å². The van der Waals surface area contributed by atoms with E-state index in [-0.39, 0.29) is 11.8 Å². The quantitative estimate of drug-likeness (QED) is 0.851. The zero-order chi connectivity index (χ0) is 11.8. The topological polar surface area (TPSA) is 29.1 Å². The normalized spacial score (nSPS) is 30.5. The Morgan fingerprint density at radius 3 is 2.59 bits per heavy atom. The molecule has 17 heavy (non-hydrogen) atoms. The number of carbonyl (C=O) groups is 1. The molecular formula is C14H16ClNO. The summed E-state index contributed by atoms with van der Waals surface area (Å²) in [5.41, 5.74) is 0.811. The van der Waals surface area contributed by atoms with Gasteiger partial charge in [0.25, 0.3) is 0 Å². The Balaban J connectivity index is 1.64. The number of hydrogen-bond donors (Lipinski definition) is 1. The van der Waals surface area contributed by atoms with Crippen LogP contribution in [0.4, 0.5) is 5.69 Å². The van der Waals surface area contributed by atoms with E-state index in [4.69, 9.17) is 11.6 Å². The lowest BCUT2D eigenvalue weighted by Gasteiger charge is -2.04. The molecule has 2 fully saturated rings. The highest BCUT2D eigenvalue weighted by Crippen LogP contribution is 2.55. The first-order valence-electron chi connectivity index (χ1n) is 6.32. The molecule has 2 saturated carbocycles. The highest BCUT2D eigenvalue weighted by atomic mass is 35.5. The summed E-state index contributed by atoms with van der Waals surface area (Å²) in [6.45, 7) is 0. The molecule has 0 heterocycles. The minimum absolute atomic E-state index is 0.184. The predicted molar refractivity (Wildman–Crippen MR) is 69.0 cm³/mol.